The molecule has 0 bridgehead atoms. The summed E-state index contributed by atoms with van der Waals surface area (Å²) in [6.45, 7) is 0. The van der Waals surface area contributed by atoms with Crippen LogP contribution in [0.2, 0.25) is 0 Å². The van der Waals surface area contributed by atoms with Gasteiger partial charge in [-0.25, -0.2) is 0 Å². The third-order valence-corrected chi connectivity index (χ3v) is 4.38. The first kappa shape index (κ1) is 11.9. The molecule has 0 aliphatic rings. The van der Waals surface area contributed by atoms with Crippen molar-refractivity contribution in [1.82, 2.24) is 0 Å². The molecule has 0 aliphatic carbocycles. The second kappa shape index (κ2) is 5.17. The molecule has 2 N–H and O–H groups in total. The van der Waals surface area contributed by atoms with Gasteiger partial charge in [0.1, 0.15) is 11.5 Å². The third kappa shape index (κ3) is 2.41. The molecular weight excluding hydrogens is 235 g/mol. The lowest BCUT2D eigenvalue weighted by atomic mass is 10.3. The fraction of sp³-hybridized carbons (Fsp3) is 0.0769. The summed E-state index contributed by atoms with van der Waals surface area (Å²) in [4.78, 5) is 0. The van der Waals surface area contributed by atoms with Crippen LogP contribution in [0.4, 0.5) is 0 Å². The van der Waals surface area contributed by atoms with E-state index in [4.69, 9.17) is 4.52 Å². The molecule has 3 nitrogen and oxygen atoms in total. The molecule has 88 valence electrons. The van der Waals surface area contributed by atoms with E-state index in [2.05, 4.69) is 0 Å². The Bertz CT molecular complexity index is 468. The highest BCUT2D eigenvalue weighted by Gasteiger charge is 2.19. The minimum atomic E-state index is -1.19. The van der Waals surface area contributed by atoms with Gasteiger partial charge in [-0.1, -0.05) is 24.3 Å². The number of hydrogen-bond acceptors (Lipinski definition) is 3. The van der Waals surface area contributed by atoms with Crippen molar-refractivity contribution in [1.29, 1.82) is 0 Å². The summed E-state index contributed by atoms with van der Waals surface area (Å²) in [7, 11) is 0.384. The Hall–Kier alpha value is -1.57. The lowest BCUT2D eigenvalue weighted by molar-refractivity contribution is 0.460. The van der Waals surface area contributed by atoms with Crippen LogP contribution in [0.1, 0.15) is 0 Å². The fourth-order valence-corrected chi connectivity index (χ4v) is 3.26. The summed E-state index contributed by atoms with van der Waals surface area (Å²) in [5.41, 5.74) is 0. The van der Waals surface area contributed by atoms with Gasteiger partial charge in [0.2, 0.25) is 0 Å². The van der Waals surface area contributed by atoms with E-state index in [0.717, 1.165) is 0 Å². The van der Waals surface area contributed by atoms with Crippen LogP contribution in [0.5, 0.6) is 11.5 Å². The molecule has 0 spiro atoms. The highest BCUT2D eigenvalue weighted by atomic mass is 31.1. The number of phenolic OH excluding ortho intramolecular Hbond substituents is 2. The van der Waals surface area contributed by atoms with Gasteiger partial charge in [0.05, 0.1) is 8.15 Å². The van der Waals surface area contributed by atoms with Crippen molar-refractivity contribution in [3.8, 4) is 11.5 Å². The zero-order chi connectivity index (χ0) is 12.3. The lowest BCUT2D eigenvalue weighted by Crippen LogP contribution is -2.13. The number of phenols is 2. The fourth-order valence-electron chi connectivity index (χ4n) is 1.60. The van der Waals surface area contributed by atoms with Crippen LogP contribution in [-0.4, -0.2) is 17.3 Å². The molecule has 0 aromatic heterocycles. The van der Waals surface area contributed by atoms with Crippen molar-refractivity contribution in [3.63, 3.8) is 0 Å². The van der Waals surface area contributed by atoms with E-state index in [1.54, 1.807) is 43.5 Å². The molecule has 0 atom stereocenters. The van der Waals surface area contributed by atoms with Crippen LogP contribution in [-0.2, 0) is 4.52 Å². The van der Waals surface area contributed by atoms with Gasteiger partial charge in [-0.05, 0) is 24.3 Å². The van der Waals surface area contributed by atoms with Crippen LogP contribution in [0, 0.1) is 0 Å². The normalized spacial score (nSPS) is 10.7. The van der Waals surface area contributed by atoms with E-state index in [1.807, 2.05) is 12.1 Å². The van der Waals surface area contributed by atoms with Crippen LogP contribution in [0.3, 0.4) is 0 Å². The van der Waals surface area contributed by atoms with Gasteiger partial charge in [0.15, 0.2) is 0 Å². The number of benzene rings is 2. The minimum Gasteiger partial charge on any atom is -0.507 e. The van der Waals surface area contributed by atoms with E-state index in [9.17, 15) is 10.2 Å². The summed E-state index contributed by atoms with van der Waals surface area (Å²) >= 11 is 0. The third-order valence-electron chi connectivity index (χ3n) is 2.38. The van der Waals surface area contributed by atoms with Gasteiger partial charge in [0, 0.05) is 17.7 Å². The Morgan fingerprint density at radius 3 is 1.59 bits per heavy atom. The number of rotatable bonds is 3. The van der Waals surface area contributed by atoms with Crippen molar-refractivity contribution in [2.45, 2.75) is 0 Å². The summed E-state index contributed by atoms with van der Waals surface area (Å²) in [6, 6.07) is 14.0. The first-order valence-corrected chi connectivity index (χ1v) is 6.40. The highest BCUT2D eigenvalue weighted by Crippen LogP contribution is 2.39. The van der Waals surface area contributed by atoms with E-state index in [-0.39, 0.29) is 11.5 Å². The van der Waals surface area contributed by atoms with Crippen LogP contribution < -0.4 is 10.6 Å². The molecule has 4 heteroatoms. The number of aromatic hydroxyl groups is 2. The summed E-state index contributed by atoms with van der Waals surface area (Å²) in [5.74, 6) is 0.368. The molecule has 0 saturated heterocycles. The average Bonchev–Trinajstić information content (AvgIpc) is 2.34. The first-order chi connectivity index (χ1) is 8.24. The van der Waals surface area contributed by atoms with Gasteiger partial charge >= 0.3 is 0 Å². The molecule has 17 heavy (non-hydrogen) atoms. The molecule has 0 amide bonds. The zero-order valence-electron chi connectivity index (χ0n) is 9.37. The maximum Gasteiger partial charge on any atom is 0.125 e. The smallest absolute Gasteiger partial charge is 0.125 e. The number of hydrogen-bond donors (Lipinski definition) is 2. The topological polar surface area (TPSA) is 49.7 Å². The summed E-state index contributed by atoms with van der Waals surface area (Å²) < 4.78 is 5.43. The molecule has 0 heterocycles. The Morgan fingerprint density at radius 2 is 1.24 bits per heavy atom. The monoisotopic (exact) mass is 248 g/mol. The van der Waals surface area contributed by atoms with Crippen LogP contribution in [0.25, 0.3) is 0 Å². The van der Waals surface area contributed by atoms with Crippen LogP contribution >= 0.6 is 8.15 Å². The van der Waals surface area contributed by atoms with Crippen molar-refractivity contribution in [3.05, 3.63) is 48.5 Å². The van der Waals surface area contributed by atoms with Crippen molar-refractivity contribution in [2.24, 2.45) is 0 Å². The maximum atomic E-state index is 9.82. The lowest BCUT2D eigenvalue weighted by Gasteiger charge is -2.17. The van der Waals surface area contributed by atoms with E-state index >= 15 is 0 Å². The van der Waals surface area contributed by atoms with Gasteiger partial charge in [-0.2, -0.15) is 0 Å². The molecule has 2 aromatic rings. The van der Waals surface area contributed by atoms with Crippen molar-refractivity contribution < 1.29 is 14.7 Å². The molecule has 2 aromatic carbocycles. The quantitative estimate of drug-likeness (QED) is 0.818. The molecule has 0 radical (unpaired) electrons. The van der Waals surface area contributed by atoms with Gasteiger partial charge in [-0.3, -0.25) is 0 Å². The molecule has 0 aliphatic heterocycles. The highest BCUT2D eigenvalue weighted by molar-refractivity contribution is 7.68. The Morgan fingerprint density at radius 1 is 0.824 bits per heavy atom. The Kier molecular flexibility index (Phi) is 3.62. The Labute approximate surface area is 101 Å². The average molecular weight is 248 g/mol. The minimum absolute atomic E-state index is 0.184. The Balaban J connectivity index is 2.48. The van der Waals surface area contributed by atoms with Gasteiger partial charge in [-0.15, -0.1) is 0 Å². The molecule has 0 saturated carbocycles. The largest absolute Gasteiger partial charge is 0.507 e. The van der Waals surface area contributed by atoms with E-state index < -0.39 is 8.15 Å². The van der Waals surface area contributed by atoms with Crippen LogP contribution in [0.15, 0.2) is 48.5 Å². The standard InChI is InChI=1S/C13H13O3P/c1-16-17(12-8-4-2-6-10(12)14)13-9-5-3-7-11(13)15/h2-9,14-15H,1H3. The van der Waals surface area contributed by atoms with Crippen molar-refractivity contribution >= 4 is 18.8 Å². The SMILES string of the molecule is COP(c1ccccc1O)c1ccccc1O. The molecule has 0 fully saturated rings. The van der Waals surface area contributed by atoms with Gasteiger partial charge in [0.25, 0.3) is 0 Å². The number of para-hydroxylation sites is 2. The molecule has 2 rings (SSSR count). The second-order valence-electron chi connectivity index (χ2n) is 3.45. The molecular formula is C13H13O3P. The van der Waals surface area contributed by atoms with Crippen molar-refractivity contribution in [2.75, 3.05) is 7.11 Å². The second-order valence-corrected chi connectivity index (χ2v) is 5.37. The molecule has 0 unspecified atom stereocenters. The predicted molar refractivity (Wildman–Crippen MR) is 69.4 cm³/mol. The summed E-state index contributed by atoms with van der Waals surface area (Å²) in [5, 5.41) is 21.0. The van der Waals surface area contributed by atoms with E-state index in [1.165, 1.54) is 0 Å². The maximum absolute atomic E-state index is 9.82. The first-order valence-electron chi connectivity index (χ1n) is 5.14. The van der Waals surface area contributed by atoms with Gasteiger partial charge < -0.3 is 14.7 Å². The van der Waals surface area contributed by atoms with E-state index in [0.29, 0.717) is 10.6 Å². The predicted octanol–water partition coefficient (Wildman–Crippen LogP) is 2.09. The zero-order valence-corrected chi connectivity index (χ0v) is 10.3. The summed E-state index contributed by atoms with van der Waals surface area (Å²) in [6.07, 6.45) is 0.